The lowest BCUT2D eigenvalue weighted by molar-refractivity contribution is -0.128. The molecule has 1 aromatic heterocycles. The van der Waals surface area contributed by atoms with Crippen molar-refractivity contribution >= 4 is 11.8 Å². The van der Waals surface area contributed by atoms with E-state index in [4.69, 9.17) is 0 Å². The Labute approximate surface area is 124 Å². The lowest BCUT2D eigenvalue weighted by Crippen LogP contribution is -2.38. The van der Waals surface area contributed by atoms with Gasteiger partial charge in [0.2, 0.25) is 5.91 Å². The van der Waals surface area contributed by atoms with Crippen LogP contribution in [0.2, 0.25) is 0 Å². The van der Waals surface area contributed by atoms with Crippen molar-refractivity contribution in [3.8, 4) is 0 Å². The van der Waals surface area contributed by atoms with Crippen LogP contribution < -0.4 is 5.32 Å². The third-order valence-corrected chi connectivity index (χ3v) is 4.16. The highest BCUT2D eigenvalue weighted by Crippen LogP contribution is 2.37. The van der Waals surface area contributed by atoms with Crippen LogP contribution in [0.4, 0.5) is 0 Å². The minimum atomic E-state index is -0.230. The summed E-state index contributed by atoms with van der Waals surface area (Å²) in [6, 6.07) is 1.93. The molecule has 0 spiro atoms. The van der Waals surface area contributed by atoms with Crippen LogP contribution in [0.25, 0.3) is 0 Å². The molecule has 2 heterocycles. The summed E-state index contributed by atoms with van der Waals surface area (Å²) in [5.74, 6) is 1.09. The average molecular weight is 288 g/mol. The molecule has 3 rings (SSSR count). The first-order valence-corrected chi connectivity index (χ1v) is 7.36. The van der Waals surface area contributed by atoms with Crippen molar-refractivity contribution in [3.63, 3.8) is 0 Å². The number of rotatable bonds is 3. The molecule has 1 saturated carbocycles. The van der Waals surface area contributed by atoms with Gasteiger partial charge in [0.05, 0.1) is 6.04 Å². The highest BCUT2D eigenvalue weighted by Gasteiger charge is 2.44. The highest BCUT2D eigenvalue weighted by atomic mass is 16.2. The van der Waals surface area contributed by atoms with Crippen molar-refractivity contribution in [2.45, 2.75) is 45.7 Å². The van der Waals surface area contributed by atoms with E-state index in [1.807, 2.05) is 11.8 Å². The number of nitrogens with one attached hydrogen (secondary N) is 1. The predicted octanol–water partition coefficient (Wildman–Crippen LogP) is 0.833. The Morgan fingerprint density at radius 1 is 1.38 bits per heavy atom. The van der Waals surface area contributed by atoms with E-state index in [0.717, 1.165) is 12.1 Å². The Kier molecular flexibility index (Phi) is 3.39. The Bertz CT molecular complexity index is 581. The van der Waals surface area contributed by atoms with Crippen LogP contribution in [0.3, 0.4) is 0 Å². The maximum absolute atomic E-state index is 12.2. The zero-order valence-corrected chi connectivity index (χ0v) is 12.6. The van der Waals surface area contributed by atoms with Crippen LogP contribution in [-0.4, -0.2) is 45.3 Å². The molecule has 112 valence electrons. The van der Waals surface area contributed by atoms with Crippen LogP contribution in [0.5, 0.6) is 0 Å². The summed E-state index contributed by atoms with van der Waals surface area (Å²) in [5.41, 5.74) is 1.13. The lowest BCUT2D eigenvalue weighted by Gasteiger charge is -2.16. The minimum Gasteiger partial charge on any atom is -0.346 e. The number of likely N-dealkylation sites (tertiary alicyclic amines) is 1. The Hall–Kier alpha value is -1.98. The molecular formula is C15H20N4O2. The summed E-state index contributed by atoms with van der Waals surface area (Å²) in [4.78, 5) is 34.4. The average Bonchev–Trinajstić information content (AvgIpc) is 2.99. The molecule has 6 nitrogen and oxygen atoms in total. The fourth-order valence-corrected chi connectivity index (χ4v) is 2.98. The van der Waals surface area contributed by atoms with Crippen molar-refractivity contribution in [1.29, 1.82) is 0 Å². The van der Waals surface area contributed by atoms with E-state index in [2.05, 4.69) is 22.2 Å². The van der Waals surface area contributed by atoms with Crippen molar-refractivity contribution in [3.05, 3.63) is 23.3 Å². The first kappa shape index (κ1) is 14.0. The van der Waals surface area contributed by atoms with Gasteiger partial charge in [0.25, 0.3) is 5.91 Å². The fourth-order valence-electron chi connectivity index (χ4n) is 2.98. The lowest BCUT2D eigenvalue weighted by atomic mass is 10.2. The van der Waals surface area contributed by atoms with Crippen molar-refractivity contribution in [2.75, 3.05) is 6.54 Å². The third kappa shape index (κ3) is 2.89. The van der Waals surface area contributed by atoms with E-state index in [1.54, 1.807) is 13.0 Å². The number of carbonyl (C=O) groups is 2. The third-order valence-electron chi connectivity index (χ3n) is 4.16. The SMILES string of the molecule is Cc1cc(C(=O)NC2CC(=O)N(C3CC3C)C2)nc(C)n1. The Balaban J connectivity index is 1.64. The Morgan fingerprint density at radius 3 is 2.71 bits per heavy atom. The maximum atomic E-state index is 12.2. The summed E-state index contributed by atoms with van der Waals surface area (Å²) in [6.45, 7) is 6.36. The van der Waals surface area contributed by atoms with Crippen LogP contribution in [0.15, 0.2) is 6.07 Å². The molecule has 1 aliphatic carbocycles. The van der Waals surface area contributed by atoms with Gasteiger partial charge in [-0.1, -0.05) is 6.92 Å². The summed E-state index contributed by atoms with van der Waals surface area (Å²) >= 11 is 0. The van der Waals surface area contributed by atoms with E-state index in [1.165, 1.54) is 0 Å². The van der Waals surface area contributed by atoms with Gasteiger partial charge in [0, 0.05) is 24.7 Å². The zero-order chi connectivity index (χ0) is 15.1. The van der Waals surface area contributed by atoms with Gasteiger partial charge in [-0.3, -0.25) is 9.59 Å². The second-order valence-electron chi connectivity index (χ2n) is 6.14. The van der Waals surface area contributed by atoms with E-state index >= 15 is 0 Å². The molecule has 2 aliphatic rings. The van der Waals surface area contributed by atoms with Crippen LogP contribution in [-0.2, 0) is 4.79 Å². The number of hydrogen-bond donors (Lipinski definition) is 1. The van der Waals surface area contributed by atoms with E-state index in [9.17, 15) is 9.59 Å². The number of aromatic nitrogens is 2. The predicted molar refractivity (Wildman–Crippen MR) is 76.7 cm³/mol. The molecule has 3 unspecified atom stereocenters. The van der Waals surface area contributed by atoms with Gasteiger partial charge in [-0.25, -0.2) is 9.97 Å². The molecule has 0 bridgehead atoms. The van der Waals surface area contributed by atoms with Gasteiger partial charge in [0.1, 0.15) is 11.5 Å². The summed E-state index contributed by atoms with van der Waals surface area (Å²) in [6.07, 6.45) is 1.47. The quantitative estimate of drug-likeness (QED) is 0.894. The van der Waals surface area contributed by atoms with Gasteiger partial charge in [0.15, 0.2) is 0 Å². The fraction of sp³-hybridized carbons (Fsp3) is 0.600. The molecule has 2 amide bonds. The first-order valence-electron chi connectivity index (χ1n) is 7.36. The normalized spacial score (nSPS) is 27.9. The van der Waals surface area contributed by atoms with E-state index in [-0.39, 0.29) is 17.9 Å². The van der Waals surface area contributed by atoms with Crippen LogP contribution in [0, 0.1) is 19.8 Å². The number of carbonyl (C=O) groups excluding carboxylic acids is 2. The van der Waals surface area contributed by atoms with Crippen LogP contribution >= 0.6 is 0 Å². The monoisotopic (exact) mass is 288 g/mol. The first-order chi connectivity index (χ1) is 9.94. The molecule has 6 heteroatoms. The largest absolute Gasteiger partial charge is 0.346 e. The van der Waals surface area contributed by atoms with Crippen molar-refractivity contribution in [1.82, 2.24) is 20.2 Å². The van der Waals surface area contributed by atoms with Crippen molar-refractivity contribution < 1.29 is 9.59 Å². The van der Waals surface area contributed by atoms with Crippen molar-refractivity contribution in [2.24, 2.45) is 5.92 Å². The minimum absolute atomic E-state index is 0.117. The maximum Gasteiger partial charge on any atom is 0.270 e. The van der Waals surface area contributed by atoms with E-state index in [0.29, 0.717) is 36.4 Å². The molecule has 3 atom stereocenters. The zero-order valence-electron chi connectivity index (χ0n) is 12.6. The van der Waals surface area contributed by atoms with Gasteiger partial charge in [-0.05, 0) is 32.3 Å². The molecule has 1 N–H and O–H groups in total. The van der Waals surface area contributed by atoms with Gasteiger partial charge < -0.3 is 10.2 Å². The molecule has 0 radical (unpaired) electrons. The molecule has 1 aromatic rings. The Morgan fingerprint density at radius 2 is 2.10 bits per heavy atom. The number of aryl methyl sites for hydroxylation is 2. The second-order valence-corrected chi connectivity index (χ2v) is 6.14. The summed E-state index contributed by atoms with van der Waals surface area (Å²) in [5, 5.41) is 2.92. The van der Waals surface area contributed by atoms with Gasteiger partial charge in [-0.2, -0.15) is 0 Å². The number of hydrogen-bond acceptors (Lipinski definition) is 4. The molecule has 21 heavy (non-hydrogen) atoms. The molecule has 2 fully saturated rings. The van der Waals surface area contributed by atoms with E-state index < -0.39 is 0 Å². The second kappa shape index (κ2) is 5.09. The highest BCUT2D eigenvalue weighted by molar-refractivity contribution is 5.93. The van der Waals surface area contributed by atoms with Gasteiger partial charge >= 0.3 is 0 Å². The molecule has 0 aromatic carbocycles. The standard InChI is InChI=1S/C15H20N4O2/c1-8-4-13(8)19-7-11(6-14(19)20)18-15(21)12-5-9(2)16-10(3)17-12/h5,8,11,13H,4,6-7H2,1-3H3,(H,18,21). The number of amides is 2. The topological polar surface area (TPSA) is 75.2 Å². The summed E-state index contributed by atoms with van der Waals surface area (Å²) in [7, 11) is 0. The molecule has 1 aliphatic heterocycles. The summed E-state index contributed by atoms with van der Waals surface area (Å²) < 4.78 is 0. The smallest absolute Gasteiger partial charge is 0.270 e. The molecular weight excluding hydrogens is 268 g/mol. The number of nitrogens with zero attached hydrogens (tertiary/aromatic N) is 3. The van der Waals surface area contributed by atoms with Gasteiger partial charge in [-0.15, -0.1) is 0 Å². The van der Waals surface area contributed by atoms with Crippen LogP contribution in [0.1, 0.15) is 41.8 Å². The molecule has 1 saturated heterocycles.